The number of imidazole rings is 1. The van der Waals surface area contributed by atoms with Crippen LogP contribution in [0.2, 0.25) is 0 Å². The molecule has 4 nitrogen and oxygen atoms in total. The molecule has 1 aliphatic heterocycles. The number of likely N-dealkylation sites (tertiary alicyclic amines) is 1. The second kappa shape index (κ2) is 5.77. The van der Waals surface area contributed by atoms with Crippen LogP contribution in [0.5, 0.6) is 0 Å². The van der Waals surface area contributed by atoms with Gasteiger partial charge in [-0.15, -0.1) is 0 Å². The van der Waals surface area contributed by atoms with Crippen molar-refractivity contribution in [1.29, 1.82) is 0 Å². The van der Waals surface area contributed by atoms with E-state index < -0.39 is 0 Å². The average Bonchev–Trinajstić information content (AvgIpc) is 3.12. The van der Waals surface area contributed by atoms with Crippen molar-refractivity contribution in [2.45, 2.75) is 18.4 Å². The van der Waals surface area contributed by atoms with Crippen LogP contribution >= 0.6 is 0 Å². The Kier molecular flexibility index (Phi) is 3.85. The Bertz CT molecular complexity index is 549. The zero-order valence-electron chi connectivity index (χ0n) is 11.9. The van der Waals surface area contributed by atoms with Crippen molar-refractivity contribution in [2.75, 3.05) is 19.6 Å². The van der Waals surface area contributed by atoms with Crippen molar-refractivity contribution in [3.8, 4) is 0 Å². The molecular formula is C16H22N4. The number of rotatable bonds is 4. The second-order valence-corrected chi connectivity index (χ2v) is 5.57. The first-order valence-corrected chi connectivity index (χ1v) is 7.25. The molecule has 1 fully saturated rings. The van der Waals surface area contributed by atoms with Gasteiger partial charge in [0.2, 0.25) is 0 Å². The topological polar surface area (TPSA) is 47.1 Å². The summed E-state index contributed by atoms with van der Waals surface area (Å²) in [7, 11) is 2.04. The van der Waals surface area contributed by atoms with E-state index in [2.05, 4.69) is 44.8 Å². The quantitative estimate of drug-likeness (QED) is 0.923. The van der Waals surface area contributed by atoms with Crippen molar-refractivity contribution in [2.24, 2.45) is 12.8 Å². The van der Waals surface area contributed by atoms with Gasteiger partial charge in [-0.05, 0) is 24.4 Å². The first kappa shape index (κ1) is 13.3. The van der Waals surface area contributed by atoms with E-state index in [0.717, 1.165) is 13.1 Å². The molecule has 1 saturated heterocycles. The van der Waals surface area contributed by atoms with Gasteiger partial charge in [0.05, 0.1) is 18.1 Å². The van der Waals surface area contributed by atoms with Gasteiger partial charge in [-0.2, -0.15) is 0 Å². The van der Waals surface area contributed by atoms with Crippen molar-refractivity contribution < 1.29 is 0 Å². The number of aryl methyl sites for hydroxylation is 1. The molecule has 106 valence electrons. The van der Waals surface area contributed by atoms with Crippen LogP contribution in [0, 0.1) is 0 Å². The Morgan fingerprint density at radius 2 is 2.15 bits per heavy atom. The fourth-order valence-corrected chi connectivity index (χ4v) is 3.21. The molecule has 0 bridgehead atoms. The first-order chi connectivity index (χ1) is 9.79. The minimum Gasteiger partial charge on any atom is -0.336 e. The third-order valence-electron chi connectivity index (χ3n) is 4.35. The fourth-order valence-electron chi connectivity index (χ4n) is 3.21. The van der Waals surface area contributed by atoms with E-state index in [1.807, 2.05) is 19.6 Å². The van der Waals surface area contributed by atoms with Crippen LogP contribution < -0.4 is 5.73 Å². The Hall–Kier alpha value is -1.65. The van der Waals surface area contributed by atoms with Gasteiger partial charge in [0.15, 0.2) is 0 Å². The molecule has 3 rings (SSSR count). The molecule has 0 amide bonds. The van der Waals surface area contributed by atoms with Crippen LogP contribution in [0.15, 0.2) is 42.9 Å². The number of hydrogen-bond donors (Lipinski definition) is 1. The molecule has 2 N–H and O–H groups in total. The van der Waals surface area contributed by atoms with Crippen LogP contribution in [0.3, 0.4) is 0 Å². The fraction of sp³-hybridized carbons (Fsp3) is 0.438. The molecular weight excluding hydrogens is 248 g/mol. The molecule has 1 aromatic carbocycles. The van der Waals surface area contributed by atoms with Crippen LogP contribution in [0.4, 0.5) is 0 Å². The minimum absolute atomic E-state index is 0.274. The Morgan fingerprint density at radius 3 is 2.80 bits per heavy atom. The highest BCUT2D eigenvalue weighted by Crippen LogP contribution is 2.32. The number of benzene rings is 1. The van der Waals surface area contributed by atoms with Gasteiger partial charge in [-0.25, -0.2) is 4.98 Å². The van der Waals surface area contributed by atoms with Gasteiger partial charge in [0.25, 0.3) is 0 Å². The molecule has 0 aliphatic carbocycles. The van der Waals surface area contributed by atoms with Gasteiger partial charge < -0.3 is 10.3 Å². The van der Waals surface area contributed by atoms with Gasteiger partial charge in [0.1, 0.15) is 0 Å². The summed E-state index contributed by atoms with van der Waals surface area (Å²) in [6, 6.07) is 11.1. The summed E-state index contributed by atoms with van der Waals surface area (Å²) in [5, 5.41) is 0. The van der Waals surface area contributed by atoms with E-state index >= 15 is 0 Å². The van der Waals surface area contributed by atoms with Gasteiger partial charge in [-0.1, -0.05) is 30.3 Å². The number of nitrogens with two attached hydrogens (primary N) is 1. The molecule has 2 unspecified atom stereocenters. The highest BCUT2D eigenvalue weighted by Gasteiger charge is 2.30. The number of nitrogens with zero attached hydrogens (tertiary/aromatic N) is 3. The van der Waals surface area contributed by atoms with Crippen molar-refractivity contribution in [1.82, 2.24) is 14.5 Å². The smallest absolute Gasteiger partial charge is 0.0946 e. The summed E-state index contributed by atoms with van der Waals surface area (Å²) in [5.41, 5.74) is 8.66. The van der Waals surface area contributed by atoms with Gasteiger partial charge in [0, 0.05) is 26.3 Å². The van der Waals surface area contributed by atoms with E-state index in [1.54, 1.807) is 0 Å². The lowest BCUT2D eigenvalue weighted by Crippen LogP contribution is -2.33. The number of hydrogen-bond acceptors (Lipinski definition) is 3. The van der Waals surface area contributed by atoms with Crippen LogP contribution in [0.25, 0.3) is 0 Å². The number of aromatic nitrogens is 2. The van der Waals surface area contributed by atoms with E-state index in [9.17, 15) is 0 Å². The molecule has 0 saturated carbocycles. The van der Waals surface area contributed by atoms with Crippen molar-refractivity contribution in [3.63, 3.8) is 0 Å². The Labute approximate surface area is 120 Å². The lowest BCUT2D eigenvalue weighted by Gasteiger charge is -2.27. The molecule has 2 heterocycles. The highest BCUT2D eigenvalue weighted by atomic mass is 15.2. The summed E-state index contributed by atoms with van der Waals surface area (Å²) in [4.78, 5) is 6.71. The van der Waals surface area contributed by atoms with Gasteiger partial charge in [-0.3, -0.25) is 4.90 Å². The zero-order valence-corrected chi connectivity index (χ0v) is 11.9. The molecule has 2 aromatic rings. The van der Waals surface area contributed by atoms with E-state index in [-0.39, 0.29) is 6.04 Å². The molecule has 0 radical (unpaired) electrons. The maximum Gasteiger partial charge on any atom is 0.0946 e. The normalized spacial score (nSPS) is 21.2. The SMILES string of the molecule is Cn1cncc1C(CN)N1CCC(c2ccccc2)C1. The van der Waals surface area contributed by atoms with E-state index in [1.165, 1.54) is 17.7 Å². The molecule has 20 heavy (non-hydrogen) atoms. The molecule has 4 heteroatoms. The van der Waals surface area contributed by atoms with E-state index in [4.69, 9.17) is 5.73 Å². The summed E-state index contributed by atoms with van der Waals surface area (Å²) >= 11 is 0. The van der Waals surface area contributed by atoms with Crippen molar-refractivity contribution in [3.05, 3.63) is 54.1 Å². The lowest BCUT2D eigenvalue weighted by molar-refractivity contribution is 0.240. The molecule has 0 spiro atoms. The standard InChI is InChI=1S/C16H22N4/c1-19-12-18-10-16(19)15(9-17)20-8-7-14(11-20)13-5-3-2-4-6-13/h2-6,10,12,14-15H,7-9,11,17H2,1H3. The first-order valence-electron chi connectivity index (χ1n) is 7.25. The minimum atomic E-state index is 0.274. The predicted octanol–water partition coefficient (Wildman–Crippen LogP) is 1.91. The predicted molar refractivity (Wildman–Crippen MR) is 80.4 cm³/mol. The highest BCUT2D eigenvalue weighted by molar-refractivity contribution is 5.21. The van der Waals surface area contributed by atoms with Crippen LogP contribution in [0.1, 0.15) is 29.6 Å². The second-order valence-electron chi connectivity index (χ2n) is 5.57. The molecule has 1 aromatic heterocycles. The third-order valence-corrected chi connectivity index (χ3v) is 4.35. The zero-order chi connectivity index (χ0) is 13.9. The Balaban J connectivity index is 1.74. The summed E-state index contributed by atoms with van der Waals surface area (Å²) < 4.78 is 2.08. The lowest BCUT2D eigenvalue weighted by atomic mass is 9.99. The van der Waals surface area contributed by atoms with Crippen LogP contribution in [-0.2, 0) is 7.05 Å². The van der Waals surface area contributed by atoms with E-state index in [0.29, 0.717) is 12.5 Å². The maximum absolute atomic E-state index is 6.01. The Morgan fingerprint density at radius 1 is 1.35 bits per heavy atom. The van der Waals surface area contributed by atoms with Crippen molar-refractivity contribution >= 4 is 0 Å². The molecule has 2 atom stereocenters. The molecule has 1 aliphatic rings. The summed E-state index contributed by atoms with van der Waals surface area (Å²) in [6.07, 6.45) is 4.99. The summed E-state index contributed by atoms with van der Waals surface area (Å²) in [5.74, 6) is 0.624. The third kappa shape index (κ3) is 2.49. The monoisotopic (exact) mass is 270 g/mol. The maximum atomic E-state index is 6.01. The van der Waals surface area contributed by atoms with Gasteiger partial charge >= 0.3 is 0 Å². The average molecular weight is 270 g/mol. The summed E-state index contributed by atoms with van der Waals surface area (Å²) in [6.45, 7) is 2.82. The largest absolute Gasteiger partial charge is 0.336 e. The van der Waals surface area contributed by atoms with Crippen LogP contribution in [-0.4, -0.2) is 34.1 Å².